The Morgan fingerprint density at radius 1 is 1.28 bits per heavy atom. The Kier molecular flexibility index (Phi) is 7.06. The number of rotatable bonds is 8. The molecule has 0 saturated carbocycles. The van der Waals surface area contributed by atoms with Crippen LogP contribution in [0.1, 0.15) is 24.0 Å². The first-order valence-corrected chi connectivity index (χ1v) is 9.07. The van der Waals surface area contributed by atoms with Crippen molar-refractivity contribution in [3.63, 3.8) is 0 Å². The highest BCUT2D eigenvalue weighted by Crippen LogP contribution is 2.21. The Labute approximate surface area is 152 Å². The zero-order chi connectivity index (χ0) is 18.2. The summed E-state index contributed by atoms with van der Waals surface area (Å²) in [6.07, 6.45) is 4.49. The van der Waals surface area contributed by atoms with Gasteiger partial charge in [-0.3, -0.25) is 14.2 Å². The number of ether oxygens (including phenoxy) is 1. The van der Waals surface area contributed by atoms with Gasteiger partial charge in [-0.2, -0.15) is 0 Å². The third-order valence-corrected chi connectivity index (χ3v) is 4.78. The SMILES string of the molecule is COC(=O)CCCNC(=O)CSc1nccn1-c1ccc(C)c(C)c1. The second-order valence-corrected chi connectivity index (χ2v) is 6.61. The highest BCUT2D eigenvalue weighted by Gasteiger charge is 2.10. The summed E-state index contributed by atoms with van der Waals surface area (Å²) in [5.74, 6) is -0.0661. The van der Waals surface area contributed by atoms with E-state index in [9.17, 15) is 9.59 Å². The molecule has 6 nitrogen and oxygen atoms in total. The van der Waals surface area contributed by atoms with Gasteiger partial charge >= 0.3 is 5.97 Å². The third kappa shape index (κ3) is 5.63. The van der Waals surface area contributed by atoms with Gasteiger partial charge in [-0.1, -0.05) is 17.8 Å². The predicted molar refractivity (Wildman–Crippen MR) is 98.0 cm³/mol. The molecular weight excluding hydrogens is 338 g/mol. The maximum atomic E-state index is 11.9. The van der Waals surface area contributed by atoms with Crippen molar-refractivity contribution >= 4 is 23.6 Å². The molecule has 0 radical (unpaired) electrons. The first-order chi connectivity index (χ1) is 12.0. The van der Waals surface area contributed by atoms with Gasteiger partial charge in [0.2, 0.25) is 5.91 Å². The van der Waals surface area contributed by atoms with E-state index in [1.165, 1.54) is 30.0 Å². The average Bonchev–Trinajstić information content (AvgIpc) is 3.07. The second kappa shape index (κ2) is 9.27. The van der Waals surface area contributed by atoms with Crippen molar-refractivity contribution in [2.45, 2.75) is 31.8 Å². The van der Waals surface area contributed by atoms with Gasteiger partial charge in [0.15, 0.2) is 5.16 Å². The van der Waals surface area contributed by atoms with E-state index in [1.807, 2.05) is 16.8 Å². The normalized spacial score (nSPS) is 10.5. The number of amides is 1. The smallest absolute Gasteiger partial charge is 0.305 e. The summed E-state index contributed by atoms with van der Waals surface area (Å²) in [6.45, 7) is 4.61. The Balaban J connectivity index is 1.85. The van der Waals surface area contributed by atoms with Gasteiger partial charge in [-0.25, -0.2) is 4.98 Å². The Morgan fingerprint density at radius 2 is 2.08 bits per heavy atom. The fourth-order valence-corrected chi connectivity index (χ4v) is 3.02. The minimum absolute atomic E-state index is 0.0792. The van der Waals surface area contributed by atoms with Gasteiger partial charge in [0.05, 0.1) is 12.9 Å². The second-order valence-electron chi connectivity index (χ2n) is 5.67. The summed E-state index contributed by atoms with van der Waals surface area (Å²) in [6, 6.07) is 6.22. The quantitative estimate of drug-likeness (QED) is 0.444. The van der Waals surface area contributed by atoms with Crippen LogP contribution in [0, 0.1) is 13.8 Å². The number of thioether (sulfide) groups is 1. The van der Waals surface area contributed by atoms with Gasteiger partial charge in [0.25, 0.3) is 0 Å². The van der Waals surface area contributed by atoms with Gasteiger partial charge < -0.3 is 10.1 Å². The first-order valence-electron chi connectivity index (χ1n) is 8.08. The number of nitrogens with one attached hydrogen (secondary N) is 1. The van der Waals surface area contributed by atoms with E-state index >= 15 is 0 Å². The van der Waals surface area contributed by atoms with Gasteiger partial charge in [0.1, 0.15) is 0 Å². The van der Waals surface area contributed by atoms with E-state index in [-0.39, 0.29) is 17.6 Å². The number of hydrogen-bond donors (Lipinski definition) is 1. The number of aryl methyl sites for hydroxylation is 2. The molecule has 2 aromatic rings. The molecule has 1 amide bonds. The summed E-state index contributed by atoms with van der Waals surface area (Å²) in [5, 5.41) is 3.57. The van der Waals surface area contributed by atoms with Gasteiger partial charge in [-0.15, -0.1) is 0 Å². The highest BCUT2D eigenvalue weighted by molar-refractivity contribution is 7.99. The van der Waals surface area contributed by atoms with Crippen molar-refractivity contribution in [3.05, 3.63) is 41.7 Å². The van der Waals surface area contributed by atoms with Crippen LogP contribution in [0.4, 0.5) is 0 Å². The number of imidazole rings is 1. The van der Waals surface area contributed by atoms with Crippen molar-refractivity contribution in [2.24, 2.45) is 0 Å². The molecule has 1 aromatic carbocycles. The molecule has 0 aliphatic heterocycles. The van der Waals surface area contributed by atoms with Crippen LogP contribution in [0.2, 0.25) is 0 Å². The van der Waals surface area contributed by atoms with Crippen LogP contribution in [0.5, 0.6) is 0 Å². The highest BCUT2D eigenvalue weighted by atomic mass is 32.2. The minimum atomic E-state index is -0.265. The molecule has 0 atom stereocenters. The maximum absolute atomic E-state index is 11.9. The first kappa shape index (κ1) is 19.1. The van der Waals surface area contributed by atoms with E-state index in [0.29, 0.717) is 19.4 Å². The van der Waals surface area contributed by atoms with Crippen molar-refractivity contribution in [3.8, 4) is 5.69 Å². The molecular formula is C18H23N3O3S. The van der Waals surface area contributed by atoms with E-state index in [1.54, 1.807) is 6.20 Å². The lowest BCUT2D eigenvalue weighted by molar-refractivity contribution is -0.140. The molecule has 7 heteroatoms. The summed E-state index contributed by atoms with van der Waals surface area (Å²) in [7, 11) is 1.36. The third-order valence-electron chi connectivity index (χ3n) is 3.82. The average molecular weight is 361 g/mol. The van der Waals surface area contributed by atoms with Crippen LogP contribution in [-0.4, -0.2) is 40.8 Å². The summed E-state index contributed by atoms with van der Waals surface area (Å²) >= 11 is 1.38. The number of benzene rings is 1. The number of carbonyl (C=O) groups excluding carboxylic acids is 2. The maximum Gasteiger partial charge on any atom is 0.305 e. The summed E-state index contributed by atoms with van der Waals surface area (Å²) in [4.78, 5) is 27.3. The van der Waals surface area contributed by atoms with Gasteiger partial charge in [0, 0.05) is 31.0 Å². The van der Waals surface area contributed by atoms with Crippen LogP contribution < -0.4 is 5.32 Å². The molecule has 0 unspecified atom stereocenters. The Hall–Kier alpha value is -2.28. The predicted octanol–water partition coefficient (Wildman–Crippen LogP) is 2.65. The molecule has 2 rings (SSSR count). The van der Waals surface area contributed by atoms with E-state index in [4.69, 9.17) is 0 Å². The van der Waals surface area contributed by atoms with Crippen molar-refractivity contribution in [1.29, 1.82) is 0 Å². The van der Waals surface area contributed by atoms with E-state index < -0.39 is 0 Å². The molecule has 134 valence electrons. The number of aromatic nitrogens is 2. The number of carbonyl (C=O) groups is 2. The van der Waals surface area contributed by atoms with Crippen LogP contribution in [-0.2, 0) is 14.3 Å². The topological polar surface area (TPSA) is 73.2 Å². The molecule has 1 N–H and O–H groups in total. The zero-order valence-corrected chi connectivity index (χ0v) is 15.6. The lowest BCUT2D eigenvalue weighted by Gasteiger charge is -2.10. The van der Waals surface area contributed by atoms with Crippen molar-refractivity contribution < 1.29 is 14.3 Å². The van der Waals surface area contributed by atoms with Crippen LogP contribution in [0.15, 0.2) is 35.7 Å². The molecule has 0 spiro atoms. The molecule has 0 bridgehead atoms. The summed E-state index contributed by atoms with van der Waals surface area (Å²) < 4.78 is 6.53. The minimum Gasteiger partial charge on any atom is -0.469 e. The van der Waals surface area contributed by atoms with Crippen molar-refractivity contribution in [2.75, 3.05) is 19.4 Å². The Bertz CT molecular complexity index is 743. The molecule has 0 fully saturated rings. The fraction of sp³-hybridized carbons (Fsp3) is 0.389. The fourth-order valence-electron chi connectivity index (χ4n) is 2.21. The molecule has 0 aliphatic rings. The van der Waals surface area contributed by atoms with Crippen LogP contribution in [0.3, 0.4) is 0 Å². The molecule has 1 heterocycles. The zero-order valence-electron chi connectivity index (χ0n) is 14.7. The number of nitrogens with zero attached hydrogens (tertiary/aromatic N) is 2. The van der Waals surface area contributed by atoms with E-state index in [2.05, 4.69) is 41.0 Å². The lowest BCUT2D eigenvalue weighted by atomic mass is 10.1. The molecule has 1 aromatic heterocycles. The number of methoxy groups -OCH3 is 1. The summed E-state index contributed by atoms with van der Waals surface area (Å²) in [5.41, 5.74) is 3.48. The number of hydrogen-bond acceptors (Lipinski definition) is 5. The monoisotopic (exact) mass is 361 g/mol. The van der Waals surface area contributed by atoms with E-state index in [0.717, 1.165) is 10.8 Å². The lowest BCUT2D eigenvalue weighted by Crippen LogP contribution is -2.26. The molecule has 0 aliphatic carbocycles. The number of esters is 1. The molecule has 25 heavy (non-hydrogen) atoms. The van der Waals surface area contributed by atoms with Crippen LogP contribution >= 0.6 is 11.8 Å². The van der Waals surface area contributed by atoms with Crippen molar-refractivity contribution in [1.82, 2.24) is 14.9 Å². The van der Waals surface area contributed by atoms with Gasteiger partial charge in [-0.05, 0) is 43.5 Å². The molecule has 0 saturated heterocycles. The largest absolute Gasteiger partial charge is 0.469 e. The Morgan fingerprint density at radius 3 is 2.80 bits per heavy atom. The van der Waals surface area contributed by atoms with Crippen LogP contribution in [0.25, 0.3) is 5.69 Å². The standard InChI is InChI=1S/C18H23N3O3S/c1-13-6-7-15(11-14(13)2)21-10-9-20-18(21)25-12-16(22)19-8-4-5-17(23)24-3/h6-7,9-11H,4-5,8,12H2,1-3H3,(H,19,22).